The Morgan fingerprint density at radius 3 is 1.73 bits per heavy atom. The third-order valence-corrected chi connectivity index (χ3v) is 5.48. The zero-order valence-electron chi connectivity index (χ0n) is 20.5. The van der Waals surface area contributed by atoms with Gasteiger partial charge in [0.05, 0.1) is 0 Å². The summed E-state index contributed by atoms with van der Waals surface area (Å²) in [5.74, 6) is 0.815. The second kappa shape index (κ2) is 21.0. The molecule has 2 N–H and O–H groups in total. The highest BCUT2D eigenvalue weighted by atomic mass is 16.3. The Balaban J connectivity index is 0.000000642. The molecule has 30 heavy (non-hydrogen) atoms. The number of allylic oxidation sites excluding steroid dienone is 2. The smallest absolute Gasteiger partial charge is 0.119 e. The molecule has 174 valence electrons. The fraction of sp³-hybridized carbons (Fsp3) is 0.714. The molecule has 0 aliphatic heterocycles. The summed E-state index contributed by atoms with van der Waals surface area (Å²) >= 11 is 0. The molecule has 0 aliphatic rings. The van der Waals surface area contributed by atoms with Crippen molar-refractivity contribution in [1.29, 1.82) is 0 Å². The molecule has 1 aromatic carbocycles. The van der Waals surface area contributed by atoms with E-state index < -0.39 is 0 Å². The maximum atomic E-state index is 9.46. The largest absolute Gasteiger partial charge is 0.508 e. The first-order chi connectivity index (χ1) is 14.5. The van der Waals surface area contributed by atoms with E-state index in [4.69, 9.17) is 5.11 Å². The number of aryl methyl sites for hydroxylation is 1. The summed E-state index contributed by atoms with van der Waals surface area (Å²) in [5, 5.41) is 18.1. The summed E-state index contributed by atoms with van der Waals surface area (Å²) < 4.78 is 0. The maximum absolute atomic E-state index is 9.46. The Morgan fingerprint density at radius 2 is 1.27 bits per heavy atom. The third-order valence-electron chi connectivity index (χ3n) is 5.48. The van der Waals surface area contributed by atoms with Crippen molar-refractivity contribution < 1.29 is 10.2 Å². The molecule has 0 saturated heterocycles. The molecule has 0 aromatic heterocycles. The molecule has 0 spiro atoms. The van der Waals surface area contributed by atoms with E-state index in [1.807, 2.05) is 19.1 Å². The van der Waals surface area contributed by atoms with Crippen LogP contribution >= 0.6 is 0 Å². The summed E-state index contributed by atoms with van der Waals surface area (Å²) in [7, 11) is 0. The molecular weight excluding hydrogens is 368 g/mol. The average Bonchev–Trinajstić information content (AvgIpc) is 2.71. The molecule has 0 heterocycles. The Bertz CT molecular complexity index is 519. The van der Waals surface area contributed by atoms with Crippen molar-refractivity contribution in [2.75, 3.05) is 6.61 Å². The summed E-state index contributed by atoms with van der Waals surface area (Å²) in [5.41, 5.74) is 2.13. The van der Waals surface area contributed by atoms with Gasteiger partial charge in [0.15, 0.2) is 0 Å². The van der Waals surface area contributed by atoms with Crippen molar-refractivity contribution in [3.05, 3.63) is 41.5 Å². The van der Waals surface area contributed by atoms with Crippen LogP contribution in [0, 0.1) is 6.92 Å². The first-order valence-corrected chi connectivity index (χ1v) is 12.6. The molecule has 1 rings (SSSR count). The summed E-state index contributed by atoms with van der Waals surface area (Å²) in [6.07, 6.45) is 23.2. The fourth-order valence-corrected chi connectivity index (χ4v) is 3.50. The SMILES string of the molecule is CCCCCCCC/C=C\CCCCCCCCO.Cc1ccc(C(C)C)c(O)c1. The maximum Gasteiger partial charge on any atom is 0.119 e. The minimum absolute atomic E-state index is 0.362. The Labute approximate surface area is 187 Å². The van der Waals surface area contributed by atoms with Crippen LogP contribution in [0.5, 0.6) is 5.75 Å². The van der Waals surface area contributed by atoms with Crippen molar-refractivity contribution in [3.63, 3.8) is 0 Å². The molecule has 0 saturated carbocycles. The minimum atomic E-state index is 0.362. The third kappa shape index (κ3) is 17.6. The van der Waals surface area contributed by atoms with Gasteiger partial charge in [-0.15, -0.1) is 0 Å². The average molecular weight is 419 g/mol. The number of rotatable bonds is 16. The fourth-order valence-electron chi connectivity index (χ4n) is 3.50. The quantitative estimate of drug-likeness (QED) is 0.208. The predicted molar refractivity (Wildman–Crippen MR) is 133 cm³/mol. The highest BCUT2D eigenvalue weighted by molar-refractivity contribution is 5.37. The van der Waals surface area contributed by atoms with E-state index >= 15 is 0 Å². The summed E-state index contributed by atoms with van der Waals surface area (Å²) in [6.45, 7) is 8.76. The second-order valence-electron chi connectivity index (χ2n) is 8.88. The van der Waals surface area contributed by atoms with E-state index in [1.54, 1.807) is 6.07 Å². The first-order valence-electron chi connectivity index (χ1n) is 12.6. The van der Waals surface area contributed by atoms with Gasteiger partial charge in [-0.05, 0) is 62.1 Å². The van der Waals surface area contributed by atoms with Crippen LogP contribution in [-0.4, -0.2) is 16.8 Å². The van der Waals surface area contributed by atoms with Gasteiger partial charge in [-0.2, -0.15) is 0 Å². The lowest BCUT2D eigenvalue weighted by molar-refractivity contribution is 0.282. The molecule has 1 aromatic rings. The Kier molecular flexibility index (Phi) is 20.1. The number of unbranched alkanes of at least 4 members (excludes halogenated alkanes) is 12. The van der Waals surface area contributed by atoms with Gasteiger partial charge in [0.25, 0.3) is 0 Å². The lowest BCUT2D eigenvalue weighted by Crippen LogP contribution is -1.87. The van der Waals surface area contributed by atoms with Gasteiger partial charge in [0, 0.05) is 6.61 Å². The van der Waals surface area contributed by atoms with E-state index in [9.17, 15) is 5.11 Å². The number of aromatic hydroxyl groups is 1. The van der Waals surface area contributed by atoms with Gasteiger partial charge in [-0.1, -0.05) is 103 Å². The normalized spacial score (nSPS) is 11.1. The number of aliphatic hydroxyl groups excluding tert-OH is 1. The lowest BCUT2D eigenvalue weighted by Gasteiger charge is -2.07. The van der Waals surface area contributed by atoms with Crippen LogP contribution < -0.4 is 0 Å². The van der Waals surface area contributed by atoms with Crippen LogP contribution in [0.1, 0.15) is 128 Å². The second-order valence-corrected chi connectivity index (χ2v) is 8.88. The van der Waals surface area contributed by atoms with E-state index in [-0.39, 0.29) is 0 Å². The highest BCUT2D eigenvalue weighted by Crippen LogP contribution is 2.25. The van der Waals surface area contributed by atoms with Crippen LogP contribution in [0.4, 0.5) is 0 Å². The molecule has 2 heteroatoms. The topological polar surface area (TPSA) is 40.5 Å². The molecule has 0 amide bonds. The van der Waals surface area contributed by atoms with Gasteiger partial charge < -0.3 is 10.2 Å². The molecule has 0 unspecified atom stereocenters. The molecule has 2 nitrogen and oxygen atoms in total. The van der Waals surface area contributed by atoms with Crippen LogP contribution in [-0.2, 0) is 0 Å². The molecule has 0 aliphatic carbocycles. The van der Waals surface area contributed by atoms with Crippen molar-refractivity contribution >= 4 is 0 Å². The van der Waals surface area contributed by atoms with Crippen molar-refractivity contribution in [3.8, 4) is 5.75 Å². The molecule has 0 atom stereocenters. The highest BCUT2D eigenvalue weighted by Gasteiger charge is 2.04. The van der Waals surface area contributed by atoms with Crippen molar-refractivity contribution in [2.24, 2.45) is 0 Å². The van der Waals surface area contributed by atoms with E-state index in [2.05, 4.69) is 32.9 Å². The van der Waals surface area contributed by atoms with Gasteiger partial charge in [-0.3, -0.25) is 0 Å². The molecule has 0 bridgehead atoms. The summed E-state index contributed by atoms with van der Waals surface area (Å²) in [6, 6.07) is 5.81. The van der Waals surface area contributed by atoms with Crippen LogP contribution in [0.15, 0.2) is 30.4 Å². The molecule has 0 fully saturated rings. The molecule has 0 radical (unpaired) electrons. The lowest BCUT2D eigenvalue weighted by atomic mass is 10.0. The number of phenolic OH excluding ortho intramolecular Hbond substituents is 1. The molecular formula is C28H50O2. The van der Waals surface area contributed by atoms with E-state index in [0.717, 1.165) is 17.5 Å². The number of aliphatic hydroxyl groups is 1. The predicted octanol–water partition coefficient (Wildman–Crippen LogP) is 8.84. The summed E-state index contributed by atoms with van der Waals surface area (Å²) in [4.78, 5) is 0. The van der Waals surface area contributed by atoms with Gasteiger partial charge in [-0.25, -0.2) is 0 Å². The van der Waals surface area contributed by atoms with E-state index in [1.165, 1.54) is 83.5 Å². The zero-order chi connectivity index (χ0) is 22.5. The zero-order valence-corrected chi connectivity index (χ0v) is 20.5. The van der Waals surface area contributed by atoms with E-state index in [0.29, 0.717) is 18.3 Å². The number of hydrogen-bond donors (Lipinski definition) is 2. The first kappa shape index (κ1) is 28.7. The van der Waals surface area contributed by atoms with Gasteiger partial charge in [0.1, 0.15) is 5.75 Å². The van der Waals surface area contributed by atoms with Crippen molar-refractivity contribution in [1.82, 2.24) is 0 Å². The van der Waals surface area contributed by atoms with Gasteiger partial charge in [0.2, 0.25) is 0 Å². The van der Waals surface area contributed by atoms with Crippen LogP contribution in [0.3, 0.4) is 0 Å². The standard InChI is InChI=1S/C18H36O.C10H14O/c1-2-3-4-5-6-7-8-9-10-11-12-13-14-15-16-17-18-19;1-7(2)9-5-4-8(3)6-10(9)11/h9-10,19H,2-8,11-18H2,1H3;4-7,11H,1-3H3/b10-9-;. The number of phenols is 1. The Hall–Kier alpha value is -1.28. The van der Waals surface area contributed by atoms with Crippen LogP contribution in [0.25, 0.3) is 0 Å². The van der Waals surface area contributed by atoms with Gasteiger partial charge >= 0.3 is 0 Å². The van der Waals surface area contributed by atoms with Crippen LogP contribution in [0.2, 0.25) is 0 Å². The monoisotopic (exact) mass is 418 g/mol. The Morgan fingerprint density at radius 1 is 0.767 bits per heavy atom. The number of benzene rings is 1. The van der Waals surface area contributed by atoms with Crippen molar-refractivity contribution in [2.45, 2.75) is 124 Å². The minimum Gasteiger partial charge on any atom is -0.508 e. The number of hydrogen-bond acceptors (Lipinski definition) is 2.